The van der Waals surface area contributed by atoms with Crippen LogP contribution in [-0.4, -0.2) is 33.9 Å². The van der Waals surface area contributed by atoms with Crippen molar-refractivity contribution in [1.82, 2.24) is 20.6 Å². The summed E-state index contributed by atoms with van der Waals surface area (Å²) in [5.41, 5.74) is 8.65. The van der Waals surface area contributed by atoms with Gasteiger partial charge in [0.15, 0.2) is 0 Å². The van der Waals surface area contributed by atoms with Crippen molar-refractivity contribution < 1.29 is 9.53 Å². The predicted octanol–water partition coefficient (Wildman–Crippen LogP) is 5.25. The summed E-state index contributed by atoms with van der Waals surface area (Å²) >= 11 is 0. The molecule has 174 valence electrons. The maximum Gasteiger partial charge on any atom is 0.289 e. The van der Waals surface area contributed by atoms with Gasteiger partial charge in [-0.2, -0.15) is 10.2 Å². The molecule has 1 amide bonds. The molecule has 0 aliphatic rings. The molecule has 3 N–H and O–H groups in total. The Kier molecular flexibility index (Phi) is 6.39. The molecule has 0 atom stereocenters. The monoisotopic (exact) mass is 463 g/mol. The average molecular weight is 464 g/mol. The molecular formula is C28H25N5O2. The van der Waals surface area contributed by atoms with E-state index >= 15 is 0 Å². The zero-order chi connectivity index (χ0) is 24.0. The van der Waals surface area contributed by atoms with E-state index in [4.69, 9.17) is 4.74 Å². The van der Waals surface area contributed by atoms with Crippen molar-refractivity contribution in [3.05, 3.63) is 107 Å². The van der Waals surface area contributed by atoms with E-state index in [2.05, 4.69) is 37.8 Å². The predicted molar refractivity (Wildman–Crippen MR) is 138 cm³/mol. The first kappa shape index (κ1) is 22.2. The summed E-state index contributed by atoms with van der Waals surface area (Å²) < 4.78 is 5.84. The maximum atomic E-state index is 12.5. The number of hydrazone groups is 1. The van der Waals surface area contributed by atoms with Gasteiger partial charge in [-0.05, 0) is 48.9 Å². The molecule has 0 fully saturated rings. The molecule has 0 bridgehead atoms. The number of benzene rings is 3. The SMILES string of the molecule is Cc1[nH]c2ccccc2c1/C=N/NC(=O)c1cc(-c2ccc(OCCc3ccccc3)cc2)n[nH]1. The van der Waals surface area contributed by atoms with E-state index in [9.17, 15) is 4.79 Å². The summed E-state index contributed by atoms with van der Waals surface area (Å²) in [5.74, 6) is 0.429. The molecule has 0 saturated heterocycles. The molecule has 7 nitrogen and oxygen atoms in total. The van der Waals surface area contributed by atoms with Crippen LogP contribution in [0, 0.1) is 6.92 Å². The van der Waals surface area contributed by atoms with Crippen LogP contribution in [0.2, 0.25) is 0 Å². The van der Waals surface area contributed by atoms with Crippen molar-refractivity contribution in [3.8, 4) is 17.0 Å². The third kappa shape index (κ3) is 5.14. The second-order valence-electron chi connectivity index (χ2n) is 8.18. The minimum absolute atomic E-state index is 0.330. The van der Waals surface area contributed by atoms with Gasteiger partial charge in [-0.1, -0.05) is 48.5 Å². The zero-order valence-corrected chi connectivity index (χ0v) is 19.3. The summed E-state index contributed by atoms with van der Waals surface area (Å²) in [7, 11) is 0. The number of aromatic amines is 2. The summed E-state index contributed by atoms with van der Waals surface area (Å²) in [6.45, 7) is 2.58. The molecule has 0 spiro atoms. The topological polar surface area (TPSA) is 95.2 Å². The molecule has 0 aliphatic heterocycles. The largest absolute Gasteiger partial charge is 0.493 e. The molecule has 0 aliphatic carbocycles. The van der Waals surface area contributed by atoms with Gasteiger partial charge < -0.3 is 9.72 Å². The Balaban J connectivity index is 1.18. The van der Waals surface area contributed by atoms with Gasteiger partial charge in [0.25, 0.3) is 5.91 Å². The highest BCUT2D eigenvalue weighted by atomic mass is 16.5. The smallest absolute Gasteiger partial charge is 0.289 e. The van der Waals surface area contributed by atoms with Gasteiger partial charge in [-0.3, -0.25) is 9.89 Å². The molecular weight excluding hydrogens is 438 g/mol. The lowest BCUT2D eigenvalue weighted by molar-refractivity contribution is 0.0950. The molecule has 2 heterocycles. The molecule has 3 aromatic carbocycles. The van der Waals surface area contributed by atoms with Gasteiger partial charge in [0.2, 0.25) is 0 Å². The van der Waals surface area contributed by atoms with Gasteiger partial charge in [0, 0.05) is 34.1 Å². The molecule has 5 aromatic rings. The summed E-state index contributed by atoms with van der Waals surface area (Å²) in [6.07, 6.45) is 2.50. The Hall–Kier alpha value is -4.65. The molecule has 0 radical (unpaired) electrons. The average Bonchev–Trinajstić information content (AvgIpc) is 3.50. The number of ether oxygens (including phenoxy) is 1. The van der Waals surface area contributed by atoms with E-state index in [0.29, 0.717) is 18.0 Å². The molecule has 35 heavy (non-hydrogen) atoms. The normalized spacial score (nSPS) is 11.2. The van der Waals surface area contributed by atoms with Gasteiger partial charge >= 0.3 is 0 Å². The second-order valence-corrected chi connectivity index (χ2v) is 8.18. The number of rotatable bonds is 8. The molecule has 2 aromatic heterocycles. The number of carbonyl (C=O) groups excluding carboxylic acids is 1. The first-order chi connectivity index (χ1) is 17.2. The Bertz CT molecular complexity index is 1470. The van der Waals surface area contributed by atoms with Crippen LogP contribution in [0.25, 0.3) is 22.2 Å². The highest BCUT2D eigenvalue weighted by Crippen LogP contribution is 2.22. The molecule has 5 rings (SSSR count). The van der Waals surface area contributed by atoms with E-state index < -0.39 is 0 Å². The minimum atomic E-state index is -0.363. The first-order valence-corrected chi connectivity index (χ1v) is 11.4. The first-order valence-electron chi connectivity index (χ1n) is 11.4. The highest BCUT2D eigenvalue weighted by Gasteiger charge is 2.11. The summed E-state index contributed by atoms with van der Waals surface area (Å²) in [5, 5.41) is 12.2. The van der Waals surface area contributed by atoms with Crippen molar-refractivity contribution in [3.63, 3.8) is 0 Å². The number of para-hydroxylation sites is 1. The molecule has 7 heteroatoms. The van der Waals surface area contributed by atoms with Gasteiger partial charge in [-0.25, -0.2) is 5.43 Å². The maximum absolute atomic E-state index is 12.5. The lowest BCUT2D eigenvalue weighted by atomic mass is 10.1. The fourth-order valence-electron chi connectivity index (χ4n) is 3.92. The summed E-state index contributed by atoms with van der Waals surface area (Å²) in [4.78, 5) is 15.8. The van der Waals surface area contributed by atoms with Crippen molar-refractivity contribution in [1.29, 1.82) is 0 Å². The number of aryl methyl sites for hydroxylation is 1. The number of nitrogens with one attached hydrogen (secondary N) is 3. The van der Waals surface area contributed by atoms with Crippen LogP contribution < -0.4 is 10.2 Å². The highest BCUT2D eigenvalue weighted by molar-refractivity contribution is 6.01. The fourth-order valence-corrected chi connectivity index (χ4v) is 3.92. The zero-order valence-electron chi connectivity index (χ0n) is 19.3. The van der Waals surface area contributed by atoms with Crippen LogP contribution in [0.5, 0.6) is 5.75 Å². The van der Waals surface area contributed by atoms with E-state index in [1.165, 1.54) is 5.56 Å². The molecule has 0 saturated carbocycles. The van der Waals surface area contributed by atoms with Crippen molar-refractivity contribution in [2.45, 2.75) is 13.3 Å². The van der Waals surface area contributed by atoms with Gasteiger partial charge in [-0.15, -0.1) is 0 Å². The number of aromatic nitrogens is 3. The Morgan fingerprint density at radius 2 is 1.80 bits per heavy atom. The van der Waals surface area contributed by atoms with E-state index in [-0.39, 0.29) is 5.91 Å². The standard InChI is InChI=1S/C28H25N5O2/c1-19-24(23-9-5-6-10-25(23)30-19)18-29-33-28(34)27-17-26(31-32-27)21-11-13-22(14-12-21)35-16-15-20-7-3-2-4-8-20/h2-14,17-18,30H,15-16H2,1H3,(H,31,32)(H,33,34)/b29-18+. The Labute approximate surface area is 202 Å². The summed E-state index contributed by atoms with van der Waals surface area (Å²) in [6, 6.07) is 27.6. The quantitative estimate of drug-likeness (QED) is 0.217. The Morgan fingerprint density at radius 3 is 2.63 bits per heavy atom. The van der Waals surface area contributed by atoms with Gasteiger partial charge in [0.1, 0.15) is 11.4 Å². The molecule has 0 unspecified atom stereocenters. The number of amides is 1. The van der Waals surface area contributed by atoms with Crippen LogP contribution in [0.15, 0.2) is 90.0 Å². The van der Waals surface area contributed by atoms with E-state index in [1.54, 1.807) is 12.3 Å². The van der Waals surface area contributed by atoms with Crippen molar-refractivity contribution in [2.24, 2.45) is 5.10 Å². The van der Waals surface area contributed by atoms with Crippen LogP contribution >= 0.6 is 0 Å². The third-order valence-electron chi connectivity index (χ3n) is 5.78. The van der Waals surface area contributed by atoms with E-state index in [1.807, 2.05) is 73.7 Å². The minimum Gasteiger partial charge on any atom is -0.493 e. The lowest BCUT2D eigenvalue weighted by Crippen LogP contribution is -2.18. The number of fused-ring (bicyclic) bond motifs is 1. The number of hydrogen-bond donors (Lipinski definition) is 3. The fraction of sp³-hybridized carbons (Fsp3) is 0.107. The van der Waals surface area contributed by atoms with Crippen LogP contribution in [-0.2, 0) is 6.42 Å². The lowest BCUT2D eigenvalue weighted by Gasteiger charge is -2.06. The third-order valence-corrected chi connectivity index (χ3v) is 5.78. The second kappa shape index (κ2) is 10.1. The van der Waals surface area contributed by atoms with Crippen molar-refractivity contribution in [2.75, 3.05) is 6.61 Å². The number of carbonyl (C=O) groups is 1. The van der Waals surface area contributed by atoms with E-state index in [0.717, 1.165) is 39.9 Å². The van der Waals surface area contributed by atoms with Crippen LogP contribution in [0.4, 0.5) is 0 Å². The van der Waals surface area contributed by atoms with Crippen LogP contribution in [0.1, 0.15) is 27.3 Å². The number of H-pyrrole nitrogens is 2. The van der Waals surface area contributed by atoms with Crippen LogP contribution in [0.3, 0.4) is 0 Å². The number of nitrogens with zero attached hydrogens (tertiary/aromatic N) is 2. The Morgan fingerprint density at radius 1 is 1.03 bits per heavy atom. The van der Waals surface area contributed by atoms with Crippen molar-refractivity contribution >= 4 is 23.0 Å². The number of hydrogen-bond acceptors (Lipinski definition) is 4. The van der Waals surface area contributed by atoms with Gasteiger partial charge in [0.05, 0.1) is 18.5 Å².